The number of hydrogen-bond donors (Lipinski definition) is 0. The molecule has 0 bridgehead atoms. The summed E-state index contributed by atoms with van der Waals surface area (Å²) >= 11 is 6.13. The van der Waals surface area contributed by atoms with Crippen molar-refractivity contribution in [2.75, 3.05) is 13.7 Å². The van der Waals surface area contributed by atoms with Gasteiger partial charge in [0, 0.05) is 0 Å². The van der Waals surface area contributed by atoms with E-state index in [9.17, 15) is 4.79 Å². The van der Waals surface area contributed by atoms with E-state index in [1.54, 1.807) is 61.7 Å². The van der Waals surface area contributed by atoms with E-state index in [0.29, 0.717) is 28.7 Å². The molecule has 26 heavy (non-hydrogen) atoms. The number of halogens is 1. The number of hydrogen-bond acceptors (Lipinski definition) is 5. The highest BCUT2D eigenvalue weighted by Gasteiger charge is 2.25. The number of rotatable bonds is 6. The van der Waals surface area contributed by atoms with Gasteiger partial charge >= 0.3 is 5.97 Å². The molecule has 0 fully saturated rings. The summed E-state index contributed by atoms with van der Waals surface area (Å²) < 4.78 is 16.1. The molecule has 6 heteroatoms. The normalized spacial score (nSPS) is 14.8. The molecule has 0 aliphatic carbocycles. The molecule has 0 spiro atoms. The first kappa shape index (κ1) is 17.8. The van der Waals surface area contributed by atoms with Gasteiger partial charge in [0.1, 0.15) is 6.61 Å². The van der Waals surface area contributed by atoms with Gasteiger partial charge in [-0.1, -0.05) is 42.5 Å². The Bertz CT molecular complexity index is 918. The van der Waals surface area contributed by atoms with Crippen molar-refractivity contribution in [1.82, 2.24) is 0 Å². The molecule has 0 atom stereocenters. The first-order valence-electron chi connectivity index (χ1n) is 7.81. The van der Waals surface area contributed by atoms with E-state index in [1.165, 1.54) is 0 Å². The highest BCUT2D eigenvalue weighted by Crippen LogP contribution is 2.30. The Balaban J connectivity index is 1.91. The Morgan fingerprint density at radius 3 is 2.77 bits per heavy atom. The van der Waals surface area contributed by atoms with Crippen LogP contribution in [-0.4, -0.2) is 25.6 Å². The monoisotopic (exact) mass is 369 g/mol. The van der Waals surface area contributed by atoms with Gasteiger partial charge in [0.15, 0.2) is 17.2 Å². The van der Waals surface area contributed by atoms with Gasteiger partial charge in [0.05, 0.1) is 17.7 Å². The van der Waals surface area contributed by atoms with Crippen molar-refractivity contribution in [3.05, 3.63) is 77.0 Å². The largest absolute Gasteiger partial charge is 0.493 e. The molecule has 0 amide bonds. The van der Waals surface area contributed by atoms with Gasteiger partial charge < -0.3 is 14.2 Å². The van der Waals surface area contributed by atoms with Crippen molar-refractivity contribution in [2.45, 2.75) is 0 Å². The molecular weight excluding hydrogens is 354 g/mol. The second-order valence-corrected chi connectivity index (χ2v) is 5.73. The standard InChI is InChI=1S/C20H16ClNO4/c1-3-10-25-17-9-8-13(12-18(17)24-2)11-16-20(23)26-19(22-16)14-6-4-5-7-15(14)21/h3-9,11-12H,1,10H2,2H3/b16-11+. The average molecular weight is 370 g/mol. The number of carbonyl (C=O) groups excluding carboxylic acids is 1. The minimum Gasteiger partial charge on any atom is -0.493 e. The number of esters is 1. The van der Waals surface area contributed by atoms with Crippen LogP contribution in [0.25, 0.3) is 6.08 Å². The number of cyclic esters (lactones) is 1. The third kappa shape index (κ3) is 3.78. The molecule has 1 heterocycles. The van der Waals surface area contributed by atoms with E-state index in [1.807, 2.05) is 0 Å². The van der Waals surface area contributed by atoms with Crippen molar-refractivity contribution >= 4 is 29.5 Å². The molecule has 1 aliphatic heterocycles. The molecule has 0 aromatic heterocycles. The van der Waals surface area contributed by atoms with Crippen molar-refractivity contribution in [1.29, 1.82) is 0 Å². The van der Waals surface area contributed by atoms with E-state index in [-0.39, 0.29) is 11.6 Å². The van der Waals surface area contributed by atoms with Crippen LogP contribution in [0.1, 0.15) is 11.1 Å². The molecule has 0 saturated heterocycles. The van der Waals surface area contributed by atoms with Crippen LogP contribution in [0.15, 0.2) is 65.8 Å². The molecule has 0 radical (unpaired) electrons. The van der Waals surface area contributed by atoms with Crippen LogP contribution >= 0.6 is 11.6 Å². The number of nitrogens with zero attached hydrogens (tertiary/aromatic N) is 1. The smallest absolute Gasteiger partial charge is 0.363 e. The van der Waals surface area contributed by atoms with Crippen LogP contribution < -0.4 is 9.47 Å². The quantitative estimate of drug-likeness (QED) is 0.433. The van der Waals surface area contributed by atoms with E-state index >= 15 is 0 Å². The zero-order valence-electron chi connectivity index (χ0n) is 14.1. The summed E-state index contributed by atoms with van der Waals surface area (Å²) in [6, 6.07) is 12.3. The lowest BCUT2D eigenvalue weighted by molar-refractivity contribution is -0.129. The van der Waals surface area contributed by atoms with E-state index in [0.717, 1.165) is 5.56 Å². The molecule has 0 unspecified atom stereocenters. The molecule has 0 N–H and O–H groups in total. The van der Waals surface area contributed by atoms with Crippen LogP contribution in [0.5, 0.6) is 11.5 Å². The summed E-state index contributed by atoms with van der Waals surface area (Å²) in [4.78, 5) is 16.4. The summed E-state index contributed by atoms with van der Waals surface area (Å²) in [6.45, 7) is 3.98. The summed E-state index contributed by atoms with van der Waals surface area (Å²) in [5.74, 6) is 0.780. The maximum atomic E-state index is 12.1. The highest BCUT2D eigenvalue weighted by atomic mass is 35.5. The SMILES string of the molecule is C=CCOc1ccc(/C=C2/N=C(c3ccccc3Cl)OC2=O)cc1OC. The van der Waals surface area contributed by atoms with E-state index in [4.69, 9.17) is 25.8 Å². The zero-order chi connectivity index (χ0) is 18.5. The molecule has 2 aromatic carbocycles. The number of ether oxygens (including phenoxy) is 3. The molecular formula is C20H16ClNO4. The van der Waals surface area contributed by atoms with Crippen LogP contribution in [-0.2, 0) is 9.53 Å². The Hall–Kier alpha value is -3.05. The summed E-state index contributed by atoms with van der Waals surface area (Å²) in [5.41, 5.74) is 1.47. The Morgan fingerprint density at radius 1 is 1.23 bits per heavy atom. The first-order valence-corrected chi connectivity index (χ1v) is 8.19. The lowest BCUT2D eigenvalue weighted by atomic mass is 10.1. The minimum atomic E-state index is -0.536. The third-order valence-electron chi connectivity index (χ3n) is 3.57. The van der Waals surface area contributed by atoms with E-state index < -0.39 is 5.97 Å². The summed E-state index contributed by atoms with van der Waals surface area (Å²) in [7, 11) is 1.55. The maximum absolute atomic E-state index is 12.1. The van der Waals surface area contributed by atoms with Crippen LogP contribution in [0.2, 0.25) is 5.02 Å². The van der Waals surface area contributed by atoms with Crippen molar-refractivity contribution in [3.8, 4) is 11.5 Å². The fourth-order valence-corrected chi connectivity index (χ4v) is 2.58. The first-order chi connectivity index (χ1) is 12.6. The van der Waals surface area contributed by atoms with Crippen molar-refractivity contribution < 1.29 is 19.0 Å². The molecule has 0 saturated carbocycles. The topological polar surface area (TPSA) is 57.1 Å². The number of carbonyl (C=O) groups is 1. The van der Waals surface area contributed by atoms with Gasteiger partial charge in [0.25, 0.3) is 0 Å². The summed E-state index contributed by atoms with van der Waals surface area (Å²) in [5, 5.41) is 0.464. The third-order valence-corrected chi connectivity index (χ3v) is 3.90. The Labute approximate surface area is 156 Å². The Morgan fingerprint density at radius 2 is 2.04 bits per heavy atom. The minimum absolute atomic E-state index is 0.182. The highest BCUT2D eigenvalue weighted by molar-refractivity contribution is 6.34. The predicted molar refractivity (Wildman–Crippen MR) is 101 cm³/mol. The Kier molecular flexibility index (Phi) is 5.39. The van der Waals surface area contributed by atoms with Gasteiger partial charge in [-0.2, -0.15) is 0 Å². The van der Waals surface area contributed by atoms with Gasteiger partial charge in [-0.05, 0) is 35.9 Å². The fraction of sp³-hybridized carbons (Fsp3) is 0.100. The van der Waals surface area contributed by atoms with Crippen LogP contribution in [0.4, 0.5) is 0 Å². The van der Waals surface area contributed by atoms with Crippen molar-refractivity contribution in [3.63, 3.8) is 0 Å². The lowest BCUT2D eigenvalue weighted by Gasteiger charge is -2.09. The molecule has 3 rings (SSSR count). The van der Waals surface area contributed by atoms with Gasteiger partial charge in [-0.15, -0.1) is 0 Å². The lowest BCUT2D eigenvalue weighted by Crippen LogP contribution is -2.05. The second-order valence-electron chi connectivity index (χ2n) is 5.33. The van der Waals surface area contributed by atoms with Crippen LogP contribution in [0, 0.1) is 0 Å². The second kappa shape index (κ2) is 7.89. The number of aliphatic imine (C=N–C) groups is 1. The van der Waals surface area contributed by atoms with Gasteiger partial charge in [-0.3, -0.25) is 0 Å². The summed E-state index contributed by atoms with van der Waals surface area (Å²) in [6.07, 6.45) is 3.26. The predicted octanol–water partition coefficient (Wildman–Crippen LogP) is 4.26. The van der Waals surface area contributed by atoms with Gasteiger partial charge in [0.2, 0.25) is 5.90 Å². The molecule has 1 aliphatic rings. The number of methoxy groups -OCH3 is 1. The molecule has 132 valence electrons. The van der Waals surface area contributed by atoms with Crippen molar-refractivity contribution in [2.24, 2.45) is 4.99 Å². The molecule has 2 aromatic rings. The fourth-order valence-electron chi connectivity index (χ4n) is 2.36. The number of benzene rings is 2. The molecule has 5 nitrogen and oxygen atoms in total. The maximum Gasteiger partial charge on any atom is 0.363 e. The zero-order valence-corrected chi connectivity index (χ0v) is 14.8. The van der Waals surface area contributed by atoms with Gasteiger partial charge in [-0.25, -0.2) is 9.79 Å². The van der Waals surface area contributed by atoms with Crippen LogP contribution in [0.3, 0.4) is 0 Å². The van der Waals surface area contributed by atoms with E-state index in [2.05, 4.69) is 11.6 Å². The average Bonchev–Trinajstić information content (AvgIpc) is 3.01.